The van der Waals surface area contributed by atoms with Crippen molar-refractivity contribution >= 4 is 34.1 Å². The minimum Gasteiger partial charge on any atom is -0.495 e. The second-order valence-electron chi connectivity index (χ2n) is 8.53. The Kier molecular flexibility index (Phi) is 7.55. The highest BCUT2D eigenvalue weighted by atomic mass is 19.4. The molecular formula is C24H29F3N6O3. The Bertz CT molecular complexity index is 1220. The molecule has 12 heteroatoms. The Morgan fingerprint density at radius 1 is 1.14 bits per heavy atom. The summed E-state index contributed by atoms with van der Waals surface area (Å²) in [6, 6.07) is 6.54. The number of aromatic nitrogens is 2. The van der Waals surface area contributed by atoms with Gasteiger partial charge >= 0.3 is 6.18 Å². The van der Waals surface area contributed by atoms with Crippen molar-refractivity contribution in [2.75, 3.05) is 71.2 Å². The number of amides is 1. The molecule has 0 saturated carbocycles. The fourth-order valence-corrected chi connectivity index (χ4v) is 4.11. The van der Waals surface area contributed by atoms with Crippen molar-refractivity contribution in [1.29, 1.82) is 0 Å². The maximum absolute atomic E-state index is 13.6. The van der Waals surface area contributed by atoms with Crippen molar-refractivity contribution in [3.05, 3.63) is 41.6 Å². The van der Waals surface area contributed by atoms with E-state index in [9.17, 15) is 18.0 Å². The van der Waals surface area contributed by atoms with E-state index in [1.165, 1.54) is 20.3 Å². The number of nitrogens with zero attached hydrogens (tertiary/aromatic N) is 3. The summed E-state index contributed by atoms with van der Waals surface area (Å²) in [6.07, 6.45) is -3.63. The Morgan fingerprint density at radius 2 is 1.89 bits per heavy atom. The van der Waals surface area contributed by atoms with E-state index in [1.807, 2.05) is 7.05 Å². The molecule has 0 radical (unpaired) electrons. The normalized spacial score (nSPS) is 14.8. The zero-order valence-electron chi connectivity index (χ0n) is 20.3. The number of carbonyl (C=O) groups excluding carboxylic acids is 1. The number of aromatic amines is 1. The minimum absolute atomic E-state index is 0.0516. The molecule has 0 unspecified atom stereocenters. The number of fused-ring (bicyclic) bond motifs is 1. The number of benzene rings is 1. The van der Waals surface area contributed by atoms with Gasteiger partial charge < -0.3 is 34.9 Å². The molecule has 1 aliphatic rings. The smallest absolute Gasteiger partial charge is 0.418 e. The molecule has 0 aliphatic carbocycles. The molecule has 1 aliphatic heterocycles. The lowest BCUT2D eigenvalue weighted by Gasteiger charge is -2.32. The number of pyridine rings is 1. The van der Waals surface area contributed by atoms with Crippen molar-refractivity contribution in [2.24, 2.45) is 0 Å². The van der Waals surface area contributed by atoms with E-state index in [4.69, 9.17) is 9.47 Å². The number of methoxy groups -OCH3 is 2. The zero-order valence-corrected chi connectivity index (χ0v) is 20.3. The summed E-state index contributed by atoms with van der Waals surface area (Å²) < 4.78 is 51.2. The molecule has 1 aromatic carbocycles. The first-order chi connectivity index (χ1) is 17.2. The fraction of sp³-hybridized carbons (Fsp3) is 0.417. The molecule has 194 valence electrons. The number of anilines is 3. The van der Waals surface area contributed by atoms with Gasteiger partial charge in [-0.1, -0.05) is 0 Å². The van der Waals surface area contributed by atoms with Crippen molar-refractivity contribution in [1.82, 2.24) is 19.8 Å². The Balaban J connectivity index is 1.62. The number of hydrogen-bond donors (Lipinski definition) is 3. The van der Waals surface area contributed by atoms with Gasteiger partial charge in [0.25, 0.3) is 5.91 Å². The highest BCUT2D eigenvalue weighted by Gasteiger charge is 2.35. The fourth-order valence-electron chi connectivity index (χ4n) is 4.11. The van der Waals surface area contributed by atoms with Gasteiger partial charge in [0.15, 0.2) is 0 Å². The summed E-state index contributed by atoms with van der Waals surface area (Å²) in [5.74, 6) is 0.630. The maximum Gasteiger partial charge on any atom is 0.418 e. The van der Waals surface area contributed by atoms with Crippen molar-refractivity contribution in [3.8, 4) is 5.75 Å². The molecule has 0 spiro atoms. The molecule has 0 bridgehead atoms. The van der Waals surface area contributed by atoms with Crippen LogP contribution in [0, 0.1) is 0 Å². The molecule has 1 amide bonds. The van der Waals surface area contributed by atoms with Gasteiger partial charge in [0, 0.05) is 63.3 Å². The Hall–Kier alpha value is -3.51. The minimum atomic E-state index is -4.54. The standard InChI is InChI=1S/C24H29F3N6O3/c1-32-7-9-33(10-8-32)23(34)15-4-5-17(19(12-15)36-3)30-20-13-18(28-6-11-35-2)21-16(24(25,26)27)14-29-22(21)31-20/h4-5,12-14H,6-11H2,1-3H3,(H3,28,29,30,31). The molecule has 3 heterocycles. The quantitative estimate of drug-likeness (QED) is 0.401. The third-order valence-corrected chi connectivity index (χ3v) is 6.07. The van der Waals surface area contributed by atoms with Crippen LogP contribution >= 0.6 is 0 Å². The van der Waals surface area contributed by atoms with E-state index in [0.717, 1.165) is 19.3 Å². The Labute approximate surface area is 206 Å². The van der Waals surface area contributed by atoms with Gasteiger partial charge in [0.1, 0.15) is 17.2 Å². The number of ether oxygens (including phenoxy) is 2. The van der Waals surface area contributed by atoms with E-state index < -0.39 is 11.7 Å². The number of nitrogens with one attached hydrogen (secondary N) is 3. The van der Waals surface area contributed by atoms with Crippen LogP contribution in [0.3, 0.4) is 0 Å². The molecule has 1 saturated heterocycles. The number of piperazine rings is 1. The van der Waals surface area contributed by atoms with Crippen LogP contribution in [0.15, 0.2) is 30.5 Å². The first kappa shape index (κ1) is 25.6. The molecule has 9 nitrogen and oxygen atoms in total. The highest BCUT2D eigenvalue weighted by molar-refractivity contribution is 5.97. The van der Waals surface area contributed by atoms with E-state index in [2.05, 4.69) is 25.5 Å². The van der Waals surface area contributed by atoms with E-state index in [0.29, 0.717) is 49.1 Å². The first-order valence-electron chi connectivity index (χ1n) is 11.5. The first-order valence-corrected chi connectivity index (χ1v) is 11.5. The van der Waals surface area contributed by atoms with Gasteiger partial charge in [-0.3, -0.25) is 4.79 Å². The topological polar surface area (TPSA) is 94.8 Å². The molecule has 2 aromatic heterocycles. The number of alkyl halides is 3. The van der Waals surface area contributed by atoms with Crippen LogP contribution < -0.4 is 15.4 Å². The van der Waals surface area contributed by atoms with Crippen molar-refractivity contribution in [3.63, 3.8) is 0 Å². The molecular weight excluding hydrogens is 477 g/mol. The van der Waals surface area contributed by atoms with Crippen LogP contribution in [0.5, 0.6) is 5.75 Å². The lowest BCUT2D eigenvalue weighted by Crippen LogP contribution is -2.47. The maximum atomic E-state index is 13.6. The lowest BCUT2D eigenvalue weighted by molar-refractivity contribution is -0.136. The number of rotatable bonds is 8. The van der Waals surface area contributed by atoms with Gasteiger partial charge in [0.2, 0.25) is 0 Å². The van der Waals surface area contributed by atoms with Crippen LogP contribution in [0.4, 0.5) is 30.4 Å². The van der Waals surface area contributed by atoms with Gasteiger partial charge in [-0.15, -0.1) is 0 Å². The summed E-state index contributed by atoms with van der Waals surface area (Å²) in [5, 5.41) is 6.05. The largest absolute Gasteiger partial charge is 0.495 e. The van der Waals surface area contributed by atoms with Crippen LogP contribution in [-0.2, 0) is 10.9 Å². The predicted molar refractivity (Wildman–Crippen MR) is 131 cm³/mol. The van der Waals surface area contributed by atoms with E-state index in [1.54, 1.807) is 23.1 Å². The average molecular weight is 507 g/mol. The lowest BCUT2D eigenvalue weighted by atomic mass is 10.1. The van der Waals surface area contributed by atoms with E-state index >= 15 is 0 Å². The third kappa shape index (κ3) is 5.49. The average Bonchev–Trinajstić information content (AvgIpc) is 3.29. The monoisotopic (exact) mass is 506 g/mol. The van der Waals surface area contributed by atoms with Gasteiger partial charge in [0.05, 0.1) is 30.4 Å². The summed E-state index contributed by atoms with van der Waals surface area (Å²) in [4.78, 5) is 23.9. The SMILES string of the molecule is COCCNc1cc(Nc2ccc(C(=O)N3CCN(C)CC3)cc2OC)nc2[nH]cc(C(F)(F)F)c12. The molecule has 1 fully saturated rings. The molecule has 3 N–H and O–H groups in total. The number of H-pyrrole nitrogens is 1. The summed E-state index contributed by atoms with van der Waals surface area (Å²) >= 11 is 0. The summed E-state index contributed by atoms with van der Waals surface area (Å²) in [6.45, 7) is 3.55. The molecule has 4 rings (SSSR count). The van der Waals surface area contributed by atoms with Crippen molar-refractivity contribution < 1.29 is 27.4 Å². The molecule has 36 heavy (non-hydrogen) atoms. The zero-order chi connectivity index (χ0) is 25.9. The second kappa shape index (κ2) is 10.6. The number of carbonyl (C=O) groups is 1. The van der Waals surface area contributed by atoms with Crippen molar-refractivity contribution in [2.45, 2.75) is 6.18 Å². The summed E-state index contributed by atoms with van der Waals surface area (Å²) in [5.41, 5.74) is 0.541. The third-order valence-electron chi connectivity index (χ3n) is 6.07. The van der Waals surface area contributed by atoms with Gasteiger partial charge in [-0.05, 0) is 25.2 Å². The summed E-state index contributed by atoms with van der Waals surface area (Å²) in [7, 11) is 5.02. The van der Waals surface area contributed by atoms with E-state index in [-0.39, 0.29) is 22.6 Å². The highest BCUT2D eigenvalue weighted by Crippen LogP contribution is 2.39. The number of likely N-dealkylation sites (N-methyl/N-ethyl adjacent to an activating group) is 1. The van der Waals surface area contributed by atoms with Crippen LogP contribution in [-0.4, -0.2) is 86.3 Å². The van der Waals surface area contributed by atoms with Crippen LogP contribution in [0.1, 0.15) is 15.9 Å². The molecule has 3 aromatic rings. The molecule has 0 atom stereocenters. The van der Waals surface area contributed by atoms with Crippen LogP contribution in [0.2, 0.25) is 0 Å². The van der Waals surface area contributed by atoms with Gasteiger partial charge in [-0.25, -0.2) is 4.98 Å². The second-order valence-corrected chi connectivity index (χ2v) is 8.53. The number of hydrogen-bond acceptors (Lipinski definition) is 7. The number of halogens is 3. The van der Waals surface area contributed by atoms with Gasteiger partial charge in [-0.2, -0.15) is 13.2 Å². The Morgan fingerprint density at radius 3 is 2.56 bits per heavy atom. The predicted octanol–water partition coefficient (Wildman–Crippen LogP) is 3.78. The van der Waals surface area contributed by atoms with Crippen LogP contribution in [0.25, 0.3) is 11.0 Å².